The number of hydrazone groups is 1. The Hall–Kier alpha value is -4.48. The minimum absolute atomic E-state index is 0.0762. The maximum atomic E-state index is 9.76. The minimum Gasteiger partial charge on any atom is -0.508 e. The number of aryl methyl sites for hydroxylation is 2. The van der Waals surface area contributed by atoms with Gasteiger partial charge in [0.05, 0.1) is 37.0 Å². The molecule has 0 amide bonds. The second-order valence-corrected chi connectivity index (χ2v) is 9.69. The van der Waals surface area contributed by atoms with E-state index in [0.717, 1.165) is 52.2 Å². The zero-order valence-corrected chi connectivity index (χ0v) is 25.4. The first-order chi connectivity index (χ1) is 20.3. The predicted molar refractivity (Wildman–Crippen MR) is 172 cm³/mol. The molecule has 0 spiro atoms. The second kappa shape index (κ2) is 16.1. The number of ether oxygens (including phenoxy) is 1. The number of hydrogen-bond donors (Lipinski definition) is 4. The highest BCUT2D eigenvalue weighted by Crippen LogP contribution is 2.21. The molecule has 5 N–H and O–H groups in total. The maximum absolute atomic E-state index is 9.76. The number of pyridine rings is 1. The Morgan fingerprint density at radius 2 is 1.88 bits per heavy atom. The number of phenolic OH excluding ortho intramolecular Hbond substituents is 1. The van der Waals surface area contributed by atoms with Crippen molar-refractivity contribution in [1.82, 2.24) is 15.0 Å². The largest absolute Gasteiger partial charge is 0.508 e. The number of nitrogens with zero attached hydrogens (tertiary/aromatic N) is 6. The molecule has 3 aromatic rings. The Kier molecular flexibility index (Phi) is 12.3. The van der Waals surface area contributed by atoms with Crippen LogP contribution in [0.1, 0.15) is 44.5 Å². The van der Waals surface area contributed by atoms with Crippen molar-refractivity contribution >= 4 is 29.4 Å². The van der Waals surface area contributed by atoms with Crippen LogP contribution in [0.15, 0.2) is 71.8 Å². The SMILES string of the molecule is C/C(=C\C=C/C(C)Nc1ccc(/C=N/N(N)c2ncc(C)c(N3CCOCC3)n2)nc1)Nc1cc(C)cc(O)c1.CC. The average Bonchev–Trinajstić information content (AvgIpc) is 2.98. The van der Waals surface area contributed by atoms with Crippen molar-refractivity contribution in [1.29, 1.82) is 0 Å². The summed E-state index contributed by atoms with van der Waals surface area (Å²) >= 11 is 0. The molecular weight excluding hydrogens is 530 g/mol. The minimum atomic E-state index is 0.0762. The molecule has 2 aromatic heterocycles. The molecule has 1 saturated heterocycles. The summed E-state index contributed by atoms with van der Waals surface area (Å²) in [7, 11) is 0. The van der Waals surface area contributed by atoms with Gasteiger partial charge < -0.3 is 25.4 Å². The number of phenols is 1. The lowest BCUT2D eigenvalue weighted by Crippen LogP contribution is -2.38. The van der Waals surface area contributed by atoms with Gasteiger partial charge >= 0.3 is 0 Å². The van der Waals surface area contributed by atoms with E-state index in [0.29, 0.717) is 24.9 Å². The monoisotopic (exact) mass is 573 g/mol. The molecule has 11 nitrogen and oxygen atoms in total. The zero-order chi connectivity index (χ0) is 30.5. The highest BCUT2D eigenvalue weighted by Gasteiger charge is 2.17. The molecule has 1 aliphatic rings. The molecule has 0 radical (unpaired) electrons. The fourth-order valence-corrected chi connectivity index (χ4v) is 4.15. The van der Waals surface area contributed by atoms with Crippen LogP contribution in [0, 0.1) is 13.8 Å². The maximum Gasteiger partial charge on any atom is 0.263 e. The van der Waals surface area contributed by atoms with Crippen LogP contribution in [0.4, 0.5) is 23.1 Å². The topological polar surface area (TPSA) is 137 Å². The van der Waals surface area contributed by atoms with E-state index in [4.69, 9.17) is 10.6 Å². The lowest BCUT2D eigenvalue weighted by Gasteiger charge is -2.29. The molecule has 1 fully saturated rings. The fourth-order valence-electron chi connectivity index (χ4n) is 4.15. The molecule has 1 aliphatic heterocycles. The highest BCUT2D eigenvalue weighted by molar-refractivity contribution is 5.78. The van der Waals surface area contributed by atoms with E-state index in [1.165, 1.54) is 0 Å². The van der Waals surface area contributed by atoms with Crippen LogP contribution in [-0.4, -0.2) is 58.6 Å². The van der Waals surface area contributed by atoms with E-state index in [1.807, 2.05) is 71.0 Å². The standard InChI is InChI=1S/C29H37N9O2.C2H6/c1-20-14-26(16-27(39)15-20)35-23(4)7-5-6-22(3)34-25-9-8-24(31-18-25)19-33-38(30)29-32-17-21(2)28(36-29)37-10-12-40-13-11-37;1-2/h5-9,14-19,22,34-35,39H,10-13,30H2,1-4H3;1-2H3/b6-5-,23-7+,33-19+;. The van der Waals surface area contributed by atoms with Crippen molar-refractivity contribution in [2.75, 3.05) is 47.0 Å². The quantitative estimate of drug-likeness (QED) is 0.112. The smallest absolute Gasteiger partial charge is 0.263 e. The molecule has 3 heterocycles. The Balaban J connectivity index is 0.00000237. The van der Waals surface area contributed by atoms with Crippen LogP contribution in [-0.2, 0) is 4.74 Å². The van der Waals surface area contributed by atoms with Crippen molar-refractivity contribution in [2.24, 2.45) is 10.9 Å². The molecule has 11 heteroatoms. The van der Waals surface area contributed by atoms with Gasteiger partial charge in [0.2, 0.25) is 0 Å². The van der Waals surface area contributed by atoms with Gasteiger partial charge in [-0.15, -0.1) is 0 Å². The van der Waals surface area contributed by atoms with Gasteiger partial charge in [-0.05, 0) is 63.6 Å². The average molecular weight is 574 g/mol. The van der Waals surface area contributed by atoms with Crippen molar-refractivity contribution in [3.63, 3.8) is 0 Å². The Morgan fingerprint density at radius 3 is 2.57 bits per heavy atom. The molecule has 0 saturated carbocycles. The molecule has 224 valence electrons. The molecule has 42 heavy (non-hydrogen) atoms. The number of nitrogens with one attached hydrogen (secondary N) is 2. The predicted octanol–water partition coefficient (Wildman–Crippen LogP) is 5.14. The van der Waals surface area contributed by atoms with Crippen molar-refractivity contribution in [2.45, 2.75) is 47.6 Å². The zero-order valence-electron chi connectivity index (χ0n) is 25.4. The first kappa shape index (κ1) is 32.0. The number of benzene rings is 1. The van der Waals surface area contributed by atoms with Gasteiger partial charge in [-0.2, -0.15) is 15.2 Å². The number of aromatic nitrogens is 3. The van der Waals surface area contributed by atoms with Gasteiger partial charge in [0.1, 0.15) is 11.6 Å². The third-order valence-corrected chi connectivity index (χ3v) is 6.09. The molecule has 1 unspecified atom stereocenters. The van der Waals surface area contributed by atoms with Crippen LogP contribution in [0.5, 0.6) is 5.75 Å². The van der Waals surface area contributed by atoms with E-state index in [-0.39, 0.29) is 11.8 Å². The summed E-state index contributed by atoms with van der Waals surface area (Å²) in [5.74, 6) is 7.50. The van der Waals surface area contributed by atoms with Crippen molar-refractivity contribution in [3.8, 4) is 5.75 Å². The number of morpholine rings is 1. The van der Waals surface area contributed by atoms with Gasteiger partial charge in [-0.25, -0.2) is 10.8 Å². The third kappa shape index (κ3) is 9.86. The second-order valence-electron chi connectivity index (χ2n) is 9.69. The lowest BCUT2D eigenvalue weighted by molar-refractivity contribution is 0.122. The summed E-state index contributed by atoms with van der Waals surface area (Å²) in [5.41, 5.74) is 5.31. The van der Waals surface area contributed by atoms with Gasteiger partial charge in [0.25, 0.3) is 5.95 Å². The summed E-state index contributed by atoms with van der Waals surface area (Å²) < 4.78 is 5.44. The molecule has 4 rings (SSSR count). The van der Waals surface area contributed by atoms with E-state index in [2.05, 4.69) is 42.5 Å². The Morgan fingerprint density at radius 1 is 1.12 bits per heavy atom. The van der Waals surface area contributed by atoms with E-state index < -0.39 is 0 Å². The number of rotatable bonds is 10. The van der Waals surface area contributed by atoms with Gasteiger partial charge in [-0.1, -0.05) is 26.0 Å². The summed E-state index contributed by atoms with van der Waals surface area (Å²) in [6.07, 6.45) is 11.1. The van der Waals surface area contributed by atoms with Gasteiger partial charge in [0, 0.05) is 48.3 Å². The normalized spacial score (nSPS) is 14.5. The lowest BCUT2D eigenvalue weighted by atomic mass is 10.2. The molecule has 1 aromatic carbocycles. The summed E-state index contributed by atoms with van der Waals surface area (Å²) in [6, 6.07) is 9.27. The van der Waals surface area contributed by atoms with Crippen LogP contribution < -0.4 is 26.5 Å². The molecule has 1 atom stereocenters. The Labute approximate surface area is 248 Å². The van der Waals surface area contributed by atoms with Gasteiger partial charge in [0.15, 0.2) is 0 Å². The number of hydrazine groups is 1. The number of nitrogens with two attached hydrogens (primary N) is 1. The number of allylic oxidation sites excluding steroid dienone is 3. The fraction of sp³-hybridized carbons (Fsp3) is 0.355. The van der Waals surface area contributed by atoms with Gasteiger partial charge in [-0.3, -0.25) is 4.98 Å². The molecule has 0 bridgehead atoms. The summed E-state index contributed by atoms with van der Waals surface area (Å²) in [6.45, 7) is 14.8. The van der Waals surface area contributed by atoms with Crippen LogP contribution in [0.2, 0.25) is 0 Å². The summed E-state index contributed by atoms with van der Waals surface area (Å²) in [4.78, 5) is 15.5. The van der Waals surface area contributed by atoms with E-state index in [9.17, 15) is 5.11 Å². The van der Waals surface area contributed by atoms with Crippen molar-refractivity contribution < 1.29 is 9.84 Å². The first-order valence-corrected chi connectivity index (χ1v) is 14.2. The van der Waals surface area contributed by atoms with Crippen LogP contribution in [0.3, 0.4) is 0 Å². The third-order valence-electron chi connectivity index (χ3n) is 6.09. The number of aromatic hydroxyl groups is 1. The highest BCUT2D eigenvalue weighted by atomic mass is 16.5. The van der Waals surface area contributed by atoms with Crippen molar-refractivity contribution in [3.05, 3.63) is 83.5 Å². The van der Waals surface area contributed by atoms with Crippen LogP contribution in [0.25, 0.3) is 0 Å². The van der Waals surface area contributed by atoms with Crippen LogP contribution >= 0.6 is 0 Å². The first-order valence-electron chi connectivity index (χ1n) is 14.2. The van der Waals surface area contributed by atoms with E-state index in [1.54, 1.807) is 30.7 Å². The number of anilines is 4. The Bertz CT molecular complexity index is 1350. The summed E-state index contributed by atoms with van der Waals surface area (Å²) in [5, 5.41) is 21.9. The number of hydrogen-bond acceptors (Lipinski definition) is 11. The molecule has 0 aliphatic carbocycles. The van der Waals surface area contributed by atoms with E-state index >= 15 is 0 Å². The molecular formula is C31H43N9O2.